The Labute approximate surface area is 139 Å². The number of hydrogen-bond acceptors (Lipinski definition) is 4. The molecule has 116 valence electrons. The number of carbonyl (C=O) groups excluding carboxylic acids is 1. The molecule has 0 bridgehead atoms. The molecule has 1 amide bonds. The molecule has 0 aliphatic carbocycles. The van der Waals surface area contributed by atoms with Gasteiger partial charge in [-0.25, -0.2) is 4.98 Å². The lowest BCUT2D eigenvalue weighted by molar-refractivity contribution is -0.120. The maximum Gasteiger partial charge on any atom is 0.224 e. The molecule has 1 fully saturated rings. The van der Waals surface area contributed by atoms with E-state index in [2.05, 4.69) is 15.2 Å². The minimum Gasteiger partial charge on any atom is -0.354 e. The normalized spacial score (nSPS) is 17.7. The third kappa shape index (κ3) is 3.59. The van der Waals surface area contributed by atoms with Crippen LogP contribution in [-0.4, -0.2) is 30.0 Å². The predicted octanol–water partition coefficient (Wildman–Crippen LogP) is 3.12. The van der Waals surface area contributed by atoms with Gasteiger partial charge in [0, 0.05) is 35.7 Å². The maximum absolute atomic E-state index is 12.1. The highest BCUT2D eigenvalue weighted by atomic mass is 35.5. The Bertz CT molecular complexity index is 632. The summed E-state index contributed by atoms with van der Waals surface area (Å²) in [5.74, 6) is 0.0130. The second kappa shape index (κ2) is 7.11. The summed E-state index contributed by atoms with van der Waals surface area (Å²) in [4.78, 5) is 18.8. The van der Waals surface area contributed by atoms with E-state index in [-0.39, 0.29) is 5.91 Å². The Hall–Kier alpha value is -1.59. The molecule has 2 aromatic rings. The molecule has 22 heavy (non-hydrogen) atoms. The zero-order valence-electron chi connectivity index (χ0n) is 12.2. The molecule has 2 heterocycles. The van der Waals surface area contributed by atoms with E-state index in [1.165, 1.54) is 0 Å². The lowest BCUT2D eigenvalue weighted by Crippen LogP contribution is -2.40. The minimum atomic E-state index is 0.0130. The van der Waals surface area contributed by atoms with Crippen molar-refractivity contribution >= 4 is 34.0 Å². The summed E-state index contributed by atoms with van der Waals surface area (Å²) < 4.78 is 0. The van der Waals surface area contributed by atoms with Crippen LogP contribution in [0.3, 0.4) is 0 Å². The van der Waals surface area contributed by atoms with E-state index in [0.717, 1.165) is 30.1 Å². The van der Waals surface area contributed by atoms with E-state index in [9.17, 15) is 4.79 Å². The van der Waals surface area contributed by atoms with Gasteiger partial charge in [-0.15, -0.1) is 11.3 Å². The van der Waals surface area contributed by atoms with Gasteiger partial charge in [0.25, 0.3) is 0 Å². The third-order valence-corrected chi connectivity index (χ3v) is 5.06. The van der Waals surface area contributed by atoms with Gasteiger partial charge in [0.15, 0.2) is 5.13 Å². The zero-order chi connectivity index (χ0) is 15.4. The molecule has 3 rings (SSSR count). The van der Waals surface area contributed by atoms with Crippen LogP contribution in [0.15, 0.2) is 35.8 Å². The van der Waals surface area contributed by atoms with Crippen molar-refractivity contribution in [1.29, 1.82) is 0 Å². The highest BCUT2D eigenvalue weighted by molar-refractivity contribution is 7.13. The summed E-state index contributed by atoms with van der Waals surface area (Å²) in [6, 6.07) is 7.80. The van der Waals surface area contributed by atoms with E-state index in [1.54, 1.807) is 11.3 Å². The standard InChI is InChI=1S/C16H18ClN3OS/c17-14-6-2-1-4-12(14)10-15(21)19-11-13-5-3-8-20(13)16-18-7-9-22-16/h1-2,4,6-7,9,13H,3,5,8,10-11H2,(H,19,21). The van der Waals surface area contributed by atoms with Crippen LogP contribution in [0.5, 0.6) is 0 Å². The molecule has 0 spiro atoms. The van der Waals surface area contributed by atoms with Gasteiger partial charge in [0.1, 0.15) is 0 Å². The van der Waals surface area contributed by atoms with E-state index in [1.807, 2.05) is 35.8 Å². The van der Waals surface area contributed by atoms with Crippen LogP contribution in [0.25, 0.3) is 0 Å². The lowest BCUT2D eigenvalue weighted by atomic mass is 10.1. The summed E-state index contributed by atoms with van der Waals surface area (Å²) in [5, 5.41) is 6.70. The first-order valence-corrected chi connectivity index (χ1v) is 8.66. The summed E-state index contributed by atoms with van der Waals surface area (Å²) in [5.41, 5.74) is 0.866. The van der Waals surface area contributed by atoms with Crippen molar-refractivity contribution in [2.24, 2.45) is 0 Å². The largest absolute Gasteiger partial charge is 0.354 e. The number of rotatable bonds is 5. The van der Waals surface area contributed by atoms with Crippen LogP contribution in [0, 0.1) is 0 Å². The van der Waals surface area contributed by atoms with E-state index >= 15 is 0 Å². The fraction of sp³-hybridized carbons (Fsp3) is 0.375. The molecule has 1 aromatic heterocycles. The van der Waals surface area contributed by atoms with Crippen molar-refractivity contribution in [2.75, 3.05) is 18.0 Å². The van der Waals surface area contributed by atoms with Crippen LogP contribution < -0.4 is 10.2 Å². The smallest absolute Gasteiger partial charge is 0.224 e. The van der Waals surface area contributed by atoms with Crippen molar-refractivity contribution in [3.8, 4) is 0 Å². The SMILES string of the molecule is O=C(Cc1ccccc1Cl)NCC1CCCN1c1nccs1. The number of amides is 1. The van der Waals surface area contributed by atoms with Gasteiger partial charge in [-0.1, -0.05) is 29.8 Å². The van der Waals surface area contributed by atoms with Gasteiger partial charge >= 0.3 is 0 Å². The van der Waals surface area contributed by atoms with Crippen LogP contribution in [0.4, 0.5) is 5.13 Å². The fourth-order valence-corrected chi connectivity index (χ4v) is 3.71. The number of carbonyl (C=O) groups is 1. The van der Waals surface area contributed by atoms with Gasteiger partial charge in [-0.05, 0) is 24.5 Å². The van der Waals surface area contributed by atoms with Crippen molar-refractivity contribution in [3.05, 3.63) is 46.4 Å². The first-order chi connectivity index (χ1) is 10.7. The molecule has 1 N–H and O–H groups in total. The quantitative estimate of drug-likeness (QED) is 0.913. The molecular formula is C16H18ClN3OS. The Kier molecular flexibility index (Phi) is 4.95. The average molecular weight is 336 g/mol. The Morgan fingerprint density at radius 1 is 1.45 bits per heavy atom. The molecule has 1 unspecified atom stereocenters. The molecule has 0 saturated carbocycles. The van der Waals surface area contributed by atoms with Crippen molar-refractivity contribution in [2.45, 2.75) is 25.3 Å². The first kappa shape index (κ1) is 15.3. The number of nitrogens with one attached hydrogen (secondary N) is 1. The number of aromatic nitrogens is 1. The zero-order valence-corrected chi connectivity index (χ0v) is 13.7. The van der Waals surface area contributed by atoms with Gasteiger partial charge in [0.05, 0.1) is 6.42 Å². The van der Waals surface area contributed by atoms with Crippen LogP contribution in [0.2, 0.25) is 5.02 Å². The molecule has 4 nitrogen and oxygen atoms in total. The van der Waals surface area contributed by atoms with Gasteiger partial charge in [-0.3, -0.25) is 4.79 Å². The molecule has 1 atom stereocenters. The Morgan fingerprint density at radius 2 is 2.32 bits per heavy atom. The topological polar surface area (TPSA) is 45.2 Å². The fourth-order valence-electron chi connectivity index (χ4n) is 2.77. The van der Waals surface area contributed by atoms with Crippen molar-refractivity contribution in [1.82, 2.24) is 10.3 Å². The molecule has 1 aliphatic rings. The number of halogens is 1. The number of benzene rings is 1. The van der Waals surface area contributed by atoms with Crippen LogP contribution in [0.1, 0.15) is 18.4 Å². The van der Waals surface area contributed by atoms with Crippen molar-refractivity contribution in [3.63, 3.8) is 0 Å². The molecule has 0 radical (unpaired) electrons. The van der Waals surface area contributed by atoms with Crippen LogP contribution >= 0.6 is 22.9 Å². The number of thiazole rings is 1. The lowest BCUT2D eigenvalue weighted by Gasteiger charge is -2.24. The third-order valence-electron chi connectivity index (χ3n) is 3.89. The van der Waals surface area contributed by atoms with Gasteiger partial charge < -0.3 is 10.2 Å². The predicted molar refractivity (Wildman–Crippen MR) is 90.6 cm³/mol. The Balaban J connectivity index is 1.54. The molecule has 1 aromatic carbocycles. The highest BCUT2D eigenvalue weighted by Gasteiger charge is 2.26. The molecule has 6 heteroatoms. The molecular weight excluding hydrogens is 318 g/mol. The number of hydrogen-bond donors (Lipinski definition) is 1. The summed E-state index contributed by atoms with van der Waals surface area (Å²) in [7, 11) is 0. The number of nitrogens with zero attached hydrogens (tertiary/aromatic N) is 2. The molecule has 1 aliphatic heterocycles. The number of anilines is 1. The average Bonchev–Trinajstić information content (AvgIpc) is 3.18. The minimum absolute atomic E-state index is 0.0130. The second-order valence-electron chi connectivity index (χ2n) is 5.38. The van der Waals surface area contributed by atoms with Gasteiger partial charge in [-0.2, -0.15) is 0 Å². The van der Waals surface area contributed by atoms with Crippen molar-refractivity contribution < 1.29 is 4.79 Å². The summed E-state index contributed by atoms with van der Waals surface area (Å²) in [6.45, 7) is 1.67. The summed E-state index contributed by atoms with van der Waals surface area (Å²) in [6.07, 6.45) is 4.38. The first-order valence-electron chi connectivity index (χ1n) is 7.40. The highest BCUT2D eigenvalue weighted by Crippen LogP contribution is 2.26. The van der Waals surface area contributed by atoms with E-state index in [4.69, 9.17) is 11.6 Å². The molecule has 1 saturated heterocycles. The summed E-state index contributed by atoms with van der Waals surface area (Å²) >= 11 is 7.74. The van der Waals surface area contributed by atoms with E-state index < -0.39 is 0 Å². The Morgan fingerprint density at radius 3 is 3.09 bits per heavy atom. The monoisotopic (exact) mass is 335 g/mol. The van der Waals surface area contributed by atoms with Gasteiger partial charge in [0.2, 0.25) is 5.91 Å². The van der Waals surface area contributed by atoms with Crippen LogP contribution in [-0.2, 0) is 11.2 Å². The maximum atomic E-state index is 12.1. The van der Waals surface area contributed by atoms with E-state index in [0.29, 0.717) is 24.0 Å². The second-order valence-corrected chi connectivity index (χ2v) is 6.66.